The zero-order chi connectivity index (χ0) is 13.1. The minimum absolute atomic E-state index is 0.138. The van der Waals surface area contributed by atoms with Crippen molar-refractivity contribution in [2.24, 2.45) is 5.92 Å². The summed E-state index contributed by atoms with van der Waals surface area (Å²) in [5.41, 5.74) is -0.732. The van der Waals surface area contributed by atoms with E-state index in [0.29, 0.717) is 11.7 Å². The van der Waals surface area contributed by atoms with Gasteiger partial charge in [-0.05, 0) is 25.0 Å². The van der Waals surface area contributed by atoms with Gasteiger partial charge in [-0.3, -0.25) is 0 Å². The number of nitrogens with one attached hydrogen (secondary N) is 1. The molecule has 2 atom stereocenters. The van der Waals surface area contributed by atoms with Crippen LogP contribution >= 0.6 is 15.9 Å². The normalized spacial score (nSPS) is 15.4. The van der Waals surface area contributed by atoms with E-state index in [9.17, 15) is 13.2 Å². The van der Waals surface area contributed by atoms with Gasteiger partial charge in [0.25, 0.3) is 0 Å². The van der Waals surface area contributed by atoms with E-state index in [1.807, 2.05) is 13.8 Å². The zero-order valence-electron chi connectivity index (χ0n) is 9.55. The second-order valence-electron chi connectivity index (χ2n) is 3.99. The van der Waals surface area contributed by atoms with Crippen molar-refractivity contribution in [1.82, 2.24) is 4.98 Å². The Labute approximate surface area is 107 Å². The molecule has 0 fully saturated rings. The lowest BCUT2D eigenvalue weighted by Gasteiger charge is -2.20. The molecule has 0 aliphatic carbocycles. The van der Waals surface area contributed by atoms with Gasteiger partial charge in [0.05, 0.1) is 5.56 Å². The lowest BCUT2D eigenvalue weighted by Crippen LogP contribution is -2.25. The van der Waals surface area contributed by atoms with Gasteiger partial charge >= 0.3 is 6.18 Å². The van der Waals surface area contributed by atoms with Gasteiger partial charge in [-0.25, -0.2) is 4.98 Å². The van der Waals surface area contributed by atoms with Gasteiger partial charge < -0.3 is 5.32 Å². The topological polar surface area (TPSA) is 24.9 Å². The van der Waals surface area contributed by atoms with Crippen molar-refractivity contribution >= 4 is 21.7 Å². The van der Waals surface area contributed by atoms with Crippen molar-refractivity contribution in [3.05, 3.63) is 23.9 Å². The Kier molecular flexibility index (Phi) is 4.80. The number of aromatic nitrogens is 1. The summed E-state index contributed by atoms with van der Waals surface area (Å²) in [5.74, 6) is 0.817. The summed E-state index contributed by atoms with van der Waals surface area (Å²) in [4.78, 5) is 3.76. The molecule has 0 aliphatic heterocycles. The molecule has 1 rings (SSSR count). The van der Waals surface area contributed by atoms with Crippen LogP contribution in [0.1, 0.15) is 19.4 Å². The van der Waals surface area contributed by atoms with Crippen LogP contribution in [-0.4, -0.2) is 16.4 Å². The third kappa shape index (κ3) is 4.18. The predicted octanol–water partition coefficient (Wildman–Crippen LogP) is 3.93. The van der Waals surface area contributed by atoms with Crippen LogP contribution in [0.2, 0.25) is 0 Å². The second kappa shape index (κ2) is 5.71. The molecule has 2 unspecified atom stereocenters. The first-order valence-corrected chi connectivity index (χ1v) is 6.32. The van der Waals surface area contributed by atoms with Crippen LogP contribution in [0.15, 0.2) is 18.3 Å². The van der Waals surface area contributed by atoms with E-state index in [0.717, 1.165) is 17.6 Å². The summed E-state index contributed by atoms with van der Waals surface area (Å²) in [6.07, 6.45) is -3.49. The third-order valence-electron chi connectivity index (χ3n) is 2.56. The highest BCUT2D eigenvalue weighted by atomic mass is 79.9. The Morgan fingerprint density at radius 3 is 2.41 bits per heavy atom. The molecule has 2 nitrogen and oxygen atoms in total. The molecule has 0 saturated carbocycles. The average Bonchev–Trinajstić information content (AvgIpc) is 2.27. The molecule has 0 spiro atoms. The maximum atomic E-state index is 12.3. The van der Waals surface area contributed by atoms with Crippen molar-refractivity contribution in [2.45, 2.75) is 26.1 Å². The van der Waals surface area contributed by atoms with Gasteiger partial charge in [0.1, 0.15) is 5.82 Å². The number of rotatable bonds is 4. The molecule has 96 valence electrons. The van der Waals surface area contributed by atoms with Crippen LogP contribution < -0.4 is 5.32 Å². The smallest absolute Gasteiger partial charge is 0.367 e. The molecular weight excluding hydrogens is 297 g/mol. The molecule has 0 saturated heterocycles. The van der Waals surface area contributed by atoms with Gasteiger partial charge in [0.15, 0.2) is 0 Å². The SMILES string of the molecule is CC(CBr)C(C)Nc1ccc(C(F)(F)F)cn1. The minimum atomic E-state index is -4.33. The van der Waals surface area contributed by atoms with Crippen LogP contribution in [0, 0.1) is 5.92 Å². The standard InChI is InChI=1S/C11H14BrF3N2/c1-7(5-12)8(2)17-10-4-3-9(6-16-10)11(13,14)15/h3-4,6-8H,5H2,1-2H3,(H,16,17). The fraction of sp³-hybridized carbons (Fsp3) is 0.545. The van der Waals surface area contributed by atoms with E-state index in [1.165, 1.54) is 6.07 Å². The number of hydrogen-bond donors (Lipinski definition) is 1. The highest BCUT2D eigenvalue weighted by Gasteiger charge is 2.30. The Balaban J connectivity index is 2.69. The molecule has 1 N–H and O–H groups in total. The molecule has 17 heavy (non-hydrogen) atoms. The largest absolute Gasteiger partial charge is 0.417 e. The van der Waals surface area contributed by atoms with Gasteiger partial charge in [0, 0.05) is 17.6 Å². The molecule has 1 aromatic heterocycles. The fourth-order valence-corrected chi connectivity index (χ4v) is 1.72. The van der Waals surface area contributed by atoms with Crippen molar-refractivity contribution in [2.75, 3.05) is 10.6 Å². The van der Waals surface area contributed by atoms with E-state index in [1.54, 1.807) is 0 Å². The monoisotopic (exact) mass is 310 g/mol. The van der Waals surface area contributed by atoms with Gasteiger partial charge in [-0.15, -0.1) is 0 Å². The number of pyridine rings is 1. The number of nitrogens with zero attached hydrogens (tertiary/aromatic N) is 1. The molecule has 1 aromatic rings. The quantitative estimate of drug-likeness (QED) is 0.852. The van der Waals surface area contributed by atoms with E-state index in [4.69, 9.17) is 0 Å². The molecule has 0 aromatic carbocycles. The van der Waals surface area contributed by atoms with E-state index in [2.05, 4.69) is 26.2 Å². The first kappa shape index (κ1) is 14.3. The average molecular weight is 311 g/mol. The maximum absolute atomic E-state index is 12.3. The molecule has 0 radical (unpaired) electrons. The van der Waals surface area contributed by atoms with Gasteiger partial charge in [0.2, 0.25) is 0 Å². The second-order valence-corrected chi connectivity index (χ2v) is 4.64. The maximum Gasteiger partial charge on any atom is 0.417 e. The molecular formula is C11H14BrF3N2. The summed E-state index contributed by atoms with van der Waals surface area (Å²) in [6, 6.07) is 2.51. The van der Waals surface area contributed by atoms with Crippen LogP contribution in [0.3, 0.4) is 0 Å². The van der Waals surface area contributed by atoms with Crippen molar-refractivity contribution < 1.29 is 13.2 Å². The van der Waals surface area contributed by atoms with Crippen LogP contribution in [0.4, 0.5) is 19.0 Å². The fourth-order valence-electron chi connectivity index (χ4n) is 1.16. The van der Waals surface area contributed by atoms with Gasteiger partial charge in [-0.1, -0.05) is 22.9 Å². The van der Waals surface area contributed by atoms with Crippen LogP contribution in [0.5, 0.6) is 0 Å². The Bertz CT molecular complexity index is 351. The Morgan fingerprint density at radius 2 is 2.00 bits per heavy atom. The summed E-state index contributed by atoms with van der Waals surface area (Å²) >= 11 is 3.36. The first-order chi connectivity index (χ1) is 7.84. The summed E-state index contributed by atoms with van der Waals surface area (Å²) < 4.78 is 36.9. The van der Waals surface area contributed by atoms with Crippen molar-refractivity contribution in [1.29, 1.82) is 0 Å². The molecule has 0 bridgehead atoms. The number of alkyl halides is 4. The van der Waals surface area contributed by atoms with Crippen molar-refractivity contribution in [3.8, 4) is 0 Å². The zero-order valence-corrected chi connectivity index (χ0v) is 11.1. The summed E-state index contributed by atoms with van der Waals surface area (Å²) in [5, 5.41) is 3.88. The number of halogens is 4. The van der Waals surface area contributed by atoms with Crippen molar-refractivity contribution in [3.63, 3.8) is 0 Å². The van der Waals surface area contributed by atoms with Crippen LogP contribution in [-0.2, 0) is 6.18 Å². The predicted molar refractivity (Wildman–Crippen MR) is 65.3 cm³/mol. The Hall–Kier alpha value is -0.780. The first-order valence-electron chi connectivity index (χ1n) is 5.20. The third-order valence-corrected chi connectivity index (χ3v) is 3.58. The summed E-state index contributed by atoms with van der Waals surface area (Å²) in [6.45, 7) is 4.00. The summed E-state index contributed by atoms with van der Waals surface area (Å²) in [7, 11) is 0. The molecule has 1 heterocycles. The van der Waals surface area contributed by atoms with E-state index in [-0.39, 0.29) is 6.04 Å². The highest BCUT2D eigenvalue weighted by molar-refractivity contribution is 9.09. The molecule has 0 aliphatic rings. The number of hydrogen-bond acceptors (Lipinski definition) is 2. The Morgan fingerprint density at radius 1 is 1.35 bits per heavy atom. The lowest BCUT2D eigenvalue weighted by atomic mass is 10.1. The van der Waals surface area contributed by atoms with Crippen LogP contribution in [0.25, 0.3) is 0 Å². The molecule has 0 amide bonds. The van der Waals surface area contributed by atoms with E-state index >= 15 is 0 Å². The van der Waals surface area contributed by atoms with E-state index < -0.39 is 11.7 Å². The van der Waals surface area contributed by atoms with Gasteiger partial charge in [-0.2, -0.15) is 13.2 Å². The number of anilines is 1. The molecule has 6 heteroatoms. The minimum Gasteiger partial charge on any atom is -0.367 e. The highest BCUT2D eigenvalue weighted by Crippen LogP contribution is 2.29. The lowest BCUT2D eigenvalue weighted by molar-refractivity contribution is -0.137.